The number of likely N-dealkylation sites (N-methyl/N-ethyl adjacent to an activating group) is 1. The summed E-state index contributed by atoms with van der Waals surface area (Å²) in [5.41, 5.74) is 1.18. The second kappa shape index (κ2) is 5.49. The van der Waals surface area contributed by atoms with E-state index in [1.54, 1.807) is 0 Å². The predicted octanol–water partition coefficient (Wildman–Crippen LogP) is 0.632. The summed E-state index contributed by atoms with van der Waals surface area (Å²) >= 11 is 0. The summed E-state index contributed by atoms with van der Waals surface area (Å²) in [4.78, 5) is 1.98. The first kappa shape index (κ1) is 12.4. The van der Waals surface area contributed by atoms with Crippen LogP contribution in [0.25, 0.3) is 0 Å². The van der Waals surface area contributed by atoms with Crippen molar-refractivity contribution in [2.75, 3.05) is 33.8 Å². The quantitative estimate of drug-likeness (QED) is 0.787. The van der Waals surface area contributed by atoms with Gasteiger partial charge in [0.25, 0.3) is 0 Å². The van der Waals surface area contributed by atoms with E-state index >= 15 is 0 Å². The zero-order valence-electron chi connectivity index (χ0n) is 10.4. The molecule has 1 aliphatic rings. The van der Waals surface area contributed by atoms with Gasteiger partial charge in [-0.25, -0.2) is 0 Å². The SMILES string of the molecule is CN(C)CC(O)CNC1COc2ccccc21. The molecule has 0 aliphatic carbocycles. The molecule has 1 aliphatic heterocycles. The van der Waals surface area contributed by atoms with Crippen LogP contribution in [-0.4, -0.2) is 49.9 Å². The average Bonchev–Trinajstić information content (AvgIpc) is 2.69. The molecule has 17 heavy (non-hydrogen) atoms. The molecule has 0 amide bonds. The van der Waals surface area contributed by atoms with Gasteiger partial charge in [0.1, 0.15) is 12.4 Å². The van der Waals surface area contributed by atoms with Crippen molar-refractivity contribution in [2.45, 2.75) is 12.1 Å². The van der Waals surface area contributed by atoms with Crippen LogP contribution in [0.4, 0.5) is 0 Å². The van der Waals surface area contributed by atoms with Gasteiger partial charge in [0.05, 0.1) is 12.1 Å². The summed E-state index contributed by atoms with van der Waals surface area (Å²) in [6.07, 6.45) is -0.349. The Labute approximate surface area is 102 Å². The Bertz CT molecular complexity index is 368. The summed E-state index contributed by atoms with van der Waals surface area (Å²) in [6.45, 7) is 1.90. The maximum Gasteiger partial charge on any atom is 0.124 e. The third kappa shape index (κ3) is 3.19. The van der Waals surface area contributed by atoms with Gasteiger partial charge in [-0.1, -0.05) is 18.2 Å². The highest BCUT2D eigenvalue weighted by Crippen LogP contribution is 2.31. The topological polar surface area (TPSA) is 44.7 Å². The van der Waals surface area contributed by atoms with Gasteiger partial charge in [-0.05, 0) is 20.2 Å². The molecule has 1 aromatic rings. The molecule has 0 radical (unpaired) electrons. The normalized spacial score (nSPS) is 20.1. The van der Waals surface area contributed by atoms with Gasteiger partial charge in [-0.15, -0.1) is 0 Å². The zero-order chi connectivity index (χ0) is 12.3. The fourth-order valence-electron chi connectivity index (χ4n) is 2.10. The van der Waals surface area contributed by atoms with Crippen LogP contribution >= 0.6 is 0 Å². The summed E-state index contributed by atoms with van der Waals surface area (Å²) in [6, 6.07) is 8.23. The second-order valence-corrected chi connectivity index (χ2v) is 4.73. The lowest BCUT2D eigenvalue weighted by molar-refractivity contribution is 0.129. The lowest BCUT2D eigenvalue weighted by Gasteiger charge is -2.18. The number of rotatable bonds is 5. The number of nitrogens with one attached hydrogen (secondary N) is 1. The minimum Gasteiger partial charge on any atom is -0.491 e. The number of nitrogens with zero attached hydrogens (tertiary/aromatic N) is 1. The van der Waals surface area contributed by atoms with Gasteiger partial charge in [0.2, 0.25) is 0 Å². The van der Waals surface area contributed by atoms with E-state index in [1.165, 1.54) is 5.56 Å². The number of fused-ring (bicyclic) bond motifs is 1. The highest BCUT2D eigenvalue weighted by atomic mass is 16.5. The molecule has 2 rings (SSSR count). The third-order valence-electron chi connectivity index (χ3n) is 2.88. The number of hydrogen-bond donors (Lipinski definition) is 2. The average molecular weight is 236 g/mol. The van der Waals surface area contributed by atoms with Crippen LogP contribution in [0.15, 0.2) is 24.3 Å². The van der Waals surface area contributed by atoms with E-state index < -0.39 is 0 Å². The van der Waals surface area contributed by atoms with Crippen LogP contribution in [0.3, 0.4) is 0 Å². The molecule has 1 aromatic carbocycles. The fourth-order valence-corrected chi connectivity index (χ4v) is 2.10. The Hall–Kier alpha value is -1.10. The fraction of sp³-hybridized carbons (Fsp3) is 0.538. The molecular weight excluding hydrogens is 216 g/mol. The van der Waals surface area contributed by atoms with Crippen LogP contribution in [0.2, 0.25) is 0 Å². The Morgan fingerprint density at radius 3 is 3.00 bits per heavy atom. The number of aliphatic hydroxyl groups excluding tert-OH is 1. The van der Waals surface area contributed by atoms with E-state index in [4.69, 9.17) is 4.74 Å². The highest BCUT2D eigenvalue weighted by Gasteiger charge is 2.23. The Kier molecular flexibility index (Phi) is 3.99. The molecule has 0 fully saturated rings. The molecule has 2 N–H and O–H groups in total. The summed E-state index contributed by atoms with van der Waals surface area (Å²) in [5, 5.41) is 13.1. The van der Waals surface area contributed by atoms with E-state index in [1.807, 2.05) is 37.2 Å². The molecule has 2 unspecified atom stereocenters. The standard InChI is InChI=1S/C13H20N2O2/c1-15(2)8-10(16)7-14-12-9-17-13-6-4-3-5-11(12)13/h3-6,10,12,14,16H,7-9H2,1-2H3. The lowest BCUT2D eigenvalue weighted by Crippen LogP contribution is -2.37. The van der Waals surface area contributed by atoms with E-state index in [2.05, 4.69) is 11.4 Å². The van der Waals surface area contributed by atoms with Gasteiger partial charge in [-0.2, -0.15) is 0 Å². The van der Waals surface area contributed by atoms with E-state index in [9.17, 15) is 5.11 Å². The molecule has 0 saturated carbocycles. The molecule has 2 atom stereocenters. The first-order chi connectivity index (χ1) is 8.16. The van der Waals surface area contributed by atoms with Crippen LogP contribution in [0.1, 0.15) is 11.6 Å². The summed E-state index contributed by atoms with van der Waals surface area (Å²) in [5.74, 6) is 0.951. The van der Waals surface area contributed by atoms with Gasteiger partial charge >= 0.3 is 0 Å². The van der Waals surface area contributed by atoms with Crippen molar-refractivity contribution in [3.05, 3.63) is 29.8 Å². The van der Waals surface area contributed by atoms with Crippen molar-refractivity contribution >= 4 is 0 Å². The van der Waals surface area contributed by atoms with Crippen LogP contribution in [-0.2, 0) is 0 Å². The van der Waals surface area contributed by atoms with Gasteiger partial charge in [0.15, 0.2) is 0 Å². The molecule has 4 nitrogen and oxygen atoms in total. The first-order valence-corrected chi connectivity index (χ1v) is 5.94. The first-order valence-electron chi connectivity index (χ1n) is 5.94. The Morgan fingerprint density at radius 1 is 1.47 bits per heavy atom. The molecular formula is C13H20N2O2. The highest BCUT2D eigenvalue weighted by molar-refractivity contribution is 5.39. The predicted molar refractivity (Wildman–Crippen MR) is 67.2 cm³/mol. The molecule has 94 valence electrons. The molecule has 0 saturated heterocycles. The van der Waals surface area contributed by atoms with E-state index in [0.29, 0.717) is 19.7 Å². The van der Waals surface area contributed by atoms with Crippen molar-refractivity contribution in [3.8, 4) is 5.75 Å². The van der Waals surface area contributed by atoms with Gasteiger partial charge < -0.3 is 20.1 Å². The number of benzene rings is 1. The number of aliphatic hydroxyl groups is 1. The number of hydrogen-bond acceptors (Lipinski definition) is 4. The van der Waals surface area contributed by atoms with Crippen LogP contribution in [0, 0.1) is 0 Å². The number of ether oxygens (including phenoxy) is 1. The molecule has 0 aromatic heterocycles. The van der Waals surface area contributed by atoms with Crippen LogP contribution < -0.4 is 10.1 Å². The molecule has 1 heterocycles. The zero-order valence-corrected chi connectivity index (χ0v) is 10.4. The summed E-state index contributed by atoms with van der Waals surface area (Å²) in [7, 11) is 3.91. The summed E-state index contributed by atoms with van der Waals surface area (Å²) < 4.78 is 5.57. The van der Waals surface area contributed by atoms with E-state index in [-0.39, 0.29) is 12.1 Å². The number of para-hydroxylation sites is 1. The van der Waals surface area contributed by atoms with E-state index in [0.717, 1.165) is 5.75 Å². The minimum atomic E-state index is -0.349. The molecule has 4 heteroatoms. The maximum absolute atomic E-state index is 9.78. The minimum absolute atomic E-state index is 0.197. The smallest absolute Gasteiger partial charge is 0.124 e. The van der Waals surface area contributed by atoms with Crippen molar-refractivity contribution in [3.63, 3.8) is 0 Å². The molecule has 0 bridgehead atoms. The largest absolute Gasteiger partial charge is 0.491 e. The maximum atomic E-state index is 9.78. The Morgan fingerprint density at radius 2 is 2.24 bits per heavy atom. The second-order valence-electron chi connectivity index (χ2n) is 4.73. The molecule has 0 spiro atoms. The van der Waals surface area contributed by atoms with Crippen molar-refractivity contribution in [1.29, 1.82) is 0 Å². The monoisotopic (exact) mass is 236 g/mol. The van der Waals surface area contributed by atoms with Crippen LogP contribution in [0.5, 0.6) is 5.75 Å². The van der Waals surface area contributed by atoms with Gasteiger partial charge in [-0.3, -0.25) is 0 Å². The lowest BCUT2D eigenvalue weighted by atomic mass is 10.1. The van der Waals surface area contributed by atoms with Crippen molar-refractivity contribution in [2.24, 2.45) is 0 Å². The van der Waals surface area contributed by atoms with Crippen molar-refractivity contribution < 1.29 is 9.84 Å². The Balaban J connectivity index is 1.85. The van der Waals surface area contributed by atoms with Crippen molar-refractivity contribution in [1.82, 2.24) is 10.2 Å². The third-order valence-corrected chi connectivity index (χ3v) is 2.88. The van der Waals surface area contributed by atoms with Gasteiger partial charge in [0, 0.05) is 18.7 Å².